The minimum Gasteiger partial charge on any atom is -0.481 e. The minimum atomic E-state index is -2.11. The molecule has 9 N–H and O–H groups in total. The minimum absolute atomic E-state index is 0.00664. The summed E-state index contributed by atoms with van der Waals surface area (Å²) >= 11 is 0. The Morgan fingerprint density at radius 1 is 0.483 bits per heavy atom. The van der Waals surface area contributed by atoms with Crippen LogP contribution in [0, 0.1) is 11.8 Å². The van der Waals surface area contributed by atoms with Crippen molar-refractivity contribution >= 4 is 111 Å². The van der Waals surface area contributed by atoms with Crippen LogP contribution in [-0.4, -0.2) is 282 Å². The molecule has 6 aliphatic rings. The van der Waals surface area contributed by atoms with Gasteiger partial charge in [0.1, 0.15) is 61.1 Å². The monoisotopic (exact) mass is 1990 g/mol. The third-order valence-electron chi connectivity index (χ3n) is 26.0. The lowest BCUT2D eigenvalue weighted by atomic mass is 9.85. The van der Waals surface area contributed by atoms with Gasteiger partial charge in [-0.15, -0.1) is 0 Å². The van der Waals surface area contributed by atoms with Crippen molar-refractivity contribution in [2.75, 3.05) is 105 Å². The van der Waals surface area contributed by atoms with Crippen molar-refractivity contribution in [2.45, 2.75) is 251 Å². The summed E-state index contributed by atoms with van der Waals surface area (Å²) < 4.78 is 65.5. The number of hydrogen-bond donors (Lipinski definition) is 9. The second-order valence-electron chi connectivity index (χ2n) is 37.4. The third kappa shape index (κ3) is 25.9. The summed E-state index contributed by atoms with van der Waals surface area (Å²) in [6, 6.07) is 9.06. The zero-order chi connectivity index (χ0) is 103. The lowest BCUT2D eigenvalue weighted by Gasteiger charge is -2.37. The first kappa shape index (κ1) is 109. The first-order valence-corrected chi connectivity index (χ1v) is 48.8. The number of aliphatic carboxylic acids is 2. The molecule has 4 aromatic heterocycles. The predicted molar refractivity (Wildman–Crippen MR) is 509 cm³/mol. The molecule has 774 valence electrons. The number of nitrogens with one attached hydrogen (secondary N) is 7. The van der Waals surface area contributed by atoms with Crippen LogP contribution in [0.1, 0.15) is 198 Å². The van der Waals surface area contributed by atoms with E-state index in [1.807, 2.05) is 62.4 Å². The van der Waals surface area contributed by atoms with E-state index in [-0.39, 0.29) is 205 Å². The molecule has 143 heavy (non-hydrogen) atoms. The first-order valence-electron chi connectivity index (χ1n) is 48.8. The molecule has 0 radical (unpaired) electrons. The largest absolute Gasteiger partial charge is 0.481 e. The number of aryl methyl sites for hydroxylation is 2. The molecule has 2 fully saturated rings. The van der Waals surface area contributed by atoms with Crippen molar-refractivity contribution in [3.63, 3.8) is 0 Å². The first-order chi connectivity index (χ1) is 68.4. The number of benzene rings is 2. The van der Waals surface area contributed by atoms with Gasteiger partial charge in [-0.2, -0.15) is 0 Å². The Morgan fingerprint density at radius 2 is 0.874 bits per heavy atom. The summed E-state index contributed by atoms with van der Waals surface area (Å²) in [6.45, 7) is 19.1. The molecule has 9 amide bonds. The Kier molecular flexibility index (Phi) is 37.3. The SMILES string of the molecule is CCc1c2c(nc3ccccc13)-c1cc3c(c(=O)n1C2)COC(=O)[C@@]3(CC)OC(=O)[C@@H](NC(=O)[C@@H]1CCCN1C(=O)[C@H](CC(=O)O)NC(=O)CCOCCOCCOCCNC(=O)CC[C@H](NC(=O)OC(C)(C)C)C(=O)NCCOCCOCCOCCC(=O)N[C@@H](CC(=O)O)C(=O)N1CCC[C@H]1C(=O)N[C@H](C(=O)O[C@]1(CC)C(=O)OCc2c1cc1n(c2=O)Cc2c-1nc1ccccc1c2CC)C(C)C)C(C)C. The van der Waals surface area contributed by atoms with E-state index >= 15 is 0 Å². The van der Waals surface area contributed by atoms with E-state index in [1.165, 1.54) is 0 Å². The molecule has 2 aromatic carbocycles. The van der Waals surface area contributed by atoms with Crippen LogP contribution in [0.2, 0.25) is 0 Å². The zero-order valence-electron chi connectivity index (χ0n) is 82.5. The van der Waals surface area contributed by atoms with E-state index in [0.29, 0.717) is 48.5 Å². The summed E-state index contributed by atoms with van der Waals surface area (Å²) in [7, 11) is 0. The quantitative estimate of drug-likeness (QED) is 0.0145. The van der Waals surface area contributed by atoms with Crippen molar-refractivity contribution in [2.24, 2.45) is 11.8 Å². The number of nitrogens with zero attached hydrogens (tertiary/aromatic N) is 6. The highest BCUT2D eigenvalue weighted by Crippen LogP contribution is 2.46. The summed E-state index contributed by atoms with van der Waals surface area (Å²) in [5.74, 6) is -13.7. The molecular formula is C100H129N13O30. The van der Waals surface area contributed by atoms with Crippen LogP contribution in [-0.2, 0) is 170 Å². The summed E-state index contributed by atoms with van der Waals surface area (Å²) in [5.41, 5.74) is 1.80. The second kappa shape index (κ2) is 49.2. The van der Waals surface area contributed by atoms with E-state index in [9.17, 15) is 91.7 Å². The van der Waals surface area contributed by atoms with Gasteiger partial charge in [0, 0.05) is 78.5 Å². The van der Waals surface area contributed by atoms with E-state index < -0.39 is 184 Å². The molecule has 0 aliphatic carbocycles. The Hall–Kier alpha value is -13.2. The van der Waals surface area contributed by atoms with Gasteiger partial charge in [-0.3, -0.25) is 57.5 Å². The topological polar surface area (TPSA) is 559 Å². The number of ether oxygens (including phenoxy) is 11. The van der Waals surface area contributed by atoms with Gasteiger partial charge in [-0.05, 0) is 126 Å². The number of carboxylic acid groups (broad SMARTS) is 2. The van der Waals surface area contributed by atoms with Crippen molar-refractivity contribution in [1.29, 1.82) is 0 Å². The van der Waals surface area contributed by atoms with Gasteiger partial charge in [0.2, 0.25) is 58.5 Å². The number of esters is 4. The molecule has 6 aliphatic heterocycles. The van der Waals surface area contributed by atoms with Gasteiger partial charge >= 0.3 is 41.9 Å². The van der Waals surface area contributed by atoms with E-state index in [1.54, 1.807) is 83.6 Å². The number of pyridine rings is 4. The van der Waals surface area contributed by atoms with E-state index in [0.717, 1.165) is 53.9 Å². The summed E-state index contributed by atoms with van der Waals surface area (Å²) in [5, 5.41) is 39.9. The van der Waals surface area contributed by atoms with Gasteiger partial charge in [-0.25, -0.2) is 33.9 Å². The Bertz CT molecular complexity index is 5910. The molecule has 43 heteroatoms. The number of alkyl carbamates (subject to hydrolysis) is 1. The maximum atomic E-state index is 14.5. The summed E-state index contributed by atoms with van der Waals surface area (Å²) in [6.07, 6.45) is -1.50. The van der Waals surface area contributed by atoms with Gasteiger partial charge in [0.05, 0.1) is 150 Å². The van der Waals surface area contributed by atoms with Crippen molar-refractivity contribution < 1.29 is 134 Å². The molecule has 9 atom stereocenters. The fourth-order valence-electron chi connectivity index (χ4n) is 18.7. The zero-order valence-corrected chi connectivity index (χ0v) is 82.5. The number of carbonyl (C=O) groups is 15. The predicted octanol–water partition coefficient (Wildman–Crippen LogP) is 4.37. The van der Waals surface area contributed by atoms with Gasteiger partial charge in [0.15, 0.2) is 0 Å². The average molecular weight is 1990 g/mol. The van der Waals surface area contributed by atoms with Crippen molar-refractivity contribution in [3.8, 4) is 22.8 Å². The van der Waals surface area contributed by atoms with Crippen LogP contribution >= 0.6 is 0 Å². The van der Waals surface area contributed by atoms with Crippen LogP contribution in [0.5, 0.6) is 0 Å². The van der Waals surface area contributed by atoms with Crippen LogP contribution in [0.3, 0.4) is 0 Å². The van der Waals surface area contributed by atoms with Crippen LogP contribution < -0.4 is 48.3 Å². The van der Waals surface area contributed by atoms with Crippen LogP contribution in [0.25, 0.3) is 44.6 Å². The van der Waals surface area contributed by atoms with Gasteiger partial charge in [0.25, 0.3) is 11.1 Å². The van der Waals surface area contributed by atoms with Crippen LogP contribution in [0.15, 0.2) is 70.3 Å². The number of amides is 9. The molecule has 2 saturated heterocycles. The molecule has 43 nitrogen and oxygen atoms in total. The molecular weight excluding hydrogens is 1860 g/mol. The maximum absolute atomic E-state index is 14.5. The van der Waals surface area contributed by atoms with Crippen molar-refractivity contribution in [1.82, 2.24) is 66.1 Å². The molecule has 12 rings (SSSR count). The van der Waals surface area contributed by atoms with E-state index in [4.69, 9.17) is 62.1 Å². The Morgan fingerprint density at radius 3 is 1.26 bits per heavy atom. The van der Waals surface area contributed by atoms with E-state index in [2.05, 4.69) is 37.2 Å². The molecule has 0 saturated carbocycles. The number of carboxylic acids is 2. The smallest absolute Gasteiger partial charge is 0.408 e. The molecule has 6 aromatic rings. The fraction of sp³-hybridized carbons (Fsp3) is 0.570. The number of fused-ring (bicyclic) bond motifs is 10. The normalized spacial score (nSPS) is 18.1. The standard InChI is InChI=1S/C100H129N13O30/c1-12-58-60-22-16-18-24-68(60)105-84-62(58)52-112-75(84)48-66-64(89(112)124)54-139-95(130)99(66,14-3)141-93(128)82(56(5)6)108-87(122)73-26-20-34-110(73)91(126)71(50-80(117)118)103-78(115)30-36-133-40-44-137-46-42-135-38-32-101-77(114)29-28-70(107-97(132)143-98(9,10)11)86(121)102-33-39-136-43-47-138-45-41-134-37-31-79(116)104-72(51-81(119)120)92(127)111-35-21-27-74(111)88(123)109-83(57(7)8)94(129)142-100(15-4)67-49-76-85-63(53-113(76)90(125)65(67)55-140-96(100)131)59(13-2)61-23-17-19-25-69(61)106-85/h16-19,22-25,48-49,56-57,70-74,82-83H,12-15,20-21,26-47,50-55H2,1-11H3,(H,101,114)(H,102,121)(H,103,115)(H,104,116)(H,107,132)(H,108,122)(H,109,123)(H,117,118)(H,119,120)/t70-,71-,72-,73-,74-,82-,83-,99-,100-/m0/s1. The van der Waals surface area contributed by atoms with Crippen LogP contribution in [0.4, 0.5) is 4.79 Å². The number of aromatic nitrogens is 4. The molecule has 10 heterocycles. The highest BCUT2D eigenvalue weighted by atomic mass is 16.6. The maximum Gasteiger partial charge on any atom is 0.408 e. The Labute approximate surface area is 824 Å². The summed E-state index contributed by atoms with van der Waals surface area (Å²) in [4.78, 5) is 245. The number of carbonyl (C=O) groups excluding carboxylic acids is 13. The lowest BCUT2D eigenvalue weighted by molar-refractivity contribution is -0.191. The number of hydrogen-bond acceptors (Lipinski definition) is 30. The van der Waals surface area contributed by atoms with Gasteiger partial charge < -0.3 is 118 Å². The lowest BCUT2D eigenvalue weighted by Crippen LogP contribution is -2.57. The second-order valence-corrected chi connectivity index (χ2v) is 37.4. The molecule has 0 bridgehead atoms. The number of cyclic esters (lactones) is 2. The highest BCUT2D eigenvalue weighted by molar-refractivity contribution is 5.99. The Balaban J connectivity index is 0.498. The third-order valence-corrected chi connectivity index (χ3v) is 26.0. The van der Waals surface area contributed by atoms with Crippen molar-refractivity contribution in [3.05, 3.63) is 126 Å². The fourth-order valence-corrected chi connectivity index (χ4v) is 18.7. The molecule has 0 spiro atoms. The number of para-hydroxylation sites is 2. The van der Waals surface area contributed by atoms with Gasteiger partial charge in [-0.1, -0.05) is 91.8 Å². The molecule has 0 unspecified atom stereocenters. The average Bonchev–Trinajstić information content (AvgIpc) is 1.60. The highest BCUT2D eigenvalue weighted by Gasteiger charge is 2.55. The number of rotatable bonds is 51. The number of likely N-dealkylation sites (tertiary alicyclic amines) is 2.